The van der Waals surface area contributed by atoms with E-state index in [2.05, 4.69) is 27.3 Å². The first-order valence-electron chi connectivity index (χ1n) is 6.28. The van der Waals surface area contributed by atoms with E-state index in [1.54, 1.807) is 6.07 Å². The number of hydrogen-bond acceptors (Lipinski definition) is 3. The minimum atomic E-state index is 0.439. The first-order valence-corrected chi connectivity index (χ1v) is 7.07. The van der Waals surface area contributed by atoms with Crippen molar-refractivity contribution in [1.82, 2.24) is 5.32 Å². The van der Waals surface area contributed by atoms with Crippen LogP contribution < -0.4 is 10.1 Å². The molecule has 2 aromatic rings. The second-order valence-corrected chi connectivity index (χ2v) is 5.21. The molecule has 0 heterocycles. The minimum Gasteiger partial charge on any atom is -0.487 e. The van der Waals surface area contributed by atoms with Crippen LogP contribution in [-0.4, -0.2) is 7.05 Å². The zero-order valence-electron chi connectivity index (χ0n) is 11.2. The molecule has 0 spiro atoms. The fourth-order valence-electron chi connectivity index (χ4n) is 1.93. The van der Waals surface area contributed by atoms with Crippen molar-refractivity contribution in [3.05, 3.63) is 63.6 Å². The topological polar surface area (TPSA) is 45.0 Å². The van der Waals surface area contributed by atoms with Crippen LogP contribution >= 0.6 is 15.9 Å². The Morgan fingerprint density at radius 1 is 1.25 bits per heavy atom. The molecule has 2 rings (SSSR count). The highest BCUT2D eigenvalue weighted by Crippen LogP contribution is 2.29. The third kappa shape index (κ3) is 3.60. The number of benzene rings is 2. The van der Waals surface area contributed by atoms with E-state index >= 15 is 0 Å². The number of rotatable bonds is 5. The second kappa shape index (κ2) is 7.09. The molecule has 0 saturated carbocycles. The molecule has 1 N–H and O–H groups in total. The summed E-state index contributed by atoms with van der Waals surface area (Å²) in [4.78, 5) is 0. The van der Waals surface area contributed by atoms with E-state index in [1.165, 1.54) is 0 Å². The zero-order chi connectivity index (χ0) is 14.4. The Bertz CT molecular complexity index is 635. The van der Waals surface area contributed by atoms with Crippen molar-refractivity contribution in [2.24, 2.45) is 0 Å². The van der Waals surface area contributed by atoms with Crippen LogP contribution in [0.2, 0.25) is 0 Å². The molecule has 0 amide bonds. The number of nitrogens with one attached hydrogen (secondary N) is 1. The number of halogens is 1. The van der Waals surface area contributed by atoms with Crippen LogP contribution in [0.1, 0.15) is 16.7 Å². The van der Waals surface area contributed by atoms with Gasteiger partial charge in [-0.3, -0.25) is 0 Å². The Kier molecular flexibility index (Phi) is 5.16. The normalized spacial score (nSPS) is 10.1. The van der Waals surface area contributed by atoms with E-state index in [4.69, 9.17) is 10.00 Å². The van der Waals surface area contributed by atoms with Gasteiger partial charge in [0.2, 0.25) is 0 Å². The molecule has 0 aliphatic carbocycles. The molecule has 102 valence electrons. The molecule has 0 atom stereocenters. The van der Waals surface area contributed by atoms with Crippen LogP contribution in [-0.2, 0) is 13.2 Å². The second-order valence-electron chi connectivity index (χ2n) is 4.36. The van der Waals surface area contributed by atoms with Crippen molar-refractivity contribution < 1.29 is 4.74 Å². The summed E-state index contributed by atoms with van der Waals surface area (Å²) in [6.07, 6.45) is 0. The molecule has 0 fully saturated rings. The monoisotopic (exact) mass is 330 g/mol. The Balaban J connectivity index is 2.16. The third-order valence-corrected chi connectivity index (χ3v) is 3.48. The first kappa shape index (κ1) is 14.6. The van der Waals surface area contributed by atoms with Gasteiger partial charge in [0.15, 0.2) is 0 Å². The molecular formula is C16H15BrN2O. The van der Waals surface area contributed by atoms with Crippen molar-refractivity contribution in [1.29, 1.82) is 5.26 Å². The molecule has 3 nitrogen and oxygen atoms in total. The van der Waals surface area contributed by atoms with E-state index in [0.29, 0.717) is 12.2 Å². The van der Waals surface area contributed by atoms with Crippen LogP contribution in [0.15, 0.2) is 46.9 Å². The van der Waals surface area contributed by atoms with Crippen LogP contribution in [0.25, 0.3) is 0 Å². The maximum absolute atomic E-state index is 8.90. The maximum atomic E-state index is 8.90. The highest BCUT2D eigenvalue weighted by Gasteiger charge is 2.08. The Hall–Kier alpha value is -1.83. The van der Waals surface area contributed by atoms with Gasteiger partial charge in [-0.15, -0.1) is 0 Å². The predicted molar refractivity (Wildman–Crippen MR) is 82.4 cm³/mol. The summed E-state index contributed by atoms with van der Waals surface area (Å²) >= 11 is 3.51. The van der Waals surface area contributed by atoms with E-state index in [9.17, 15) is 0 Å². The molecule has 0 aliphatic rings. The minimum absolute atomic E-state index is 0.439. The highest BCUT2D eigenvalue weighted by atomic mass is 79.9. The molecule has 0 bridgehead atoms. The Morgan fingerprint density at radius 3 is 2.80 bits per heavy atom. The average Bonchev–Trinajstić information content (AvgIpc) is 2.47. The van der Waals surface area contributed by atoms with Crippen molar-refractivity contribution in [3.63, 3.8) is 0 Å². The lowest BCUT2D eigenvalue weighted by molar-refractivity contribution is 0.300. The van der Waals surface area contributed by atoms with Gasteiger partial charge in [-0.05, 0) is 46.7 Å². The van der Waals surface area contributed by atoms with Gasteiger partial charge in [0.25, 0.3) is 0 Å². The quantitative estimate of drug-likeness (QED) is 0.910. The third-order valence-electron chi connectivity index (χ3n) is 2.86. The first-order chi connectivity index (χ1) is 9.74. The number of ether oxygens (including phenoxy) is 1. The van der Waals surface area contributed by atoms with Crippen LogP contribution in [0.5, 0.6) is 5.75 Å². The number of nitriles is 1. The Labute approximate surface area is 127 Å². The standard InChI is InChI=1S/C16H15BrN2O/c1-19-10-14-6-3-7-15(17)16(14)20-11-13-5-2-4-12(8-13)9-18/h2-8,19H,10-11H2,1H3. The molecule has 0 unspecified atom stereocenters. The summed E-state index contributed by atoms with van der Waals surface area (Å²) in [5.74, 6) is 0.837. The van der Waals surface area contributed by atoms with Gasteiger partial charge in [-0.2, -0.15) is 5.26 Å². The van der Waals surface area contributed by atoms with Crippen molar-refractivity contribution in [2.75, 3.05) is 7.05 Å². The van der Waals surface area contributed by atoms with Crippen molar-refractivity contribution in [3.8, 4) is 11.8 Å². The summed E-state index contributed by atoms with van der Waals surface area (Å²) in [5.41, 5.74) is 2.72. The van der Waals surface area contributed by atoms with Crippen molar-refractivity contribution in [2.45, 2.75) is 13.2 Å². The number of hydrogen-bond donors (Lipinski definition) is 1. The number of nitrogens with zero attached hydrogens (tertiary/aromatic N) is 1. The maximum Gasteiger partial charge on any atom is 0.138 e. The molecule has 20 heavy (non-hydrogen) atoms. The summed E-state index contributed by atoms with van der Waals surface area (Å²) in [5, 5.41) is 12.0. The zero-order valence-corrected chi connectivity index (χ0v) is 12.8. The summed E-state index contributed by atoms with van der Waals surface area (Å²) in [7, 11) is 1.90. The van der Waals surface area contributed by atoms with Crippen molar-refractivity contribution >= 4 is 15.9 Å². The molecule has 0 saturated heterocycles. The largest absolute Gasteiger partial charge is 0.487 e. The van der Waals surface area contributed by atoms with Gasteiger partial charge in [0.05, 0.1) is 16.1 Å². The van der Waals surface area contributed by atoms with Gasteiger partial charge in [-0.25, -0.2) is 0 Å². The van der Waals surface area contributed by atoms with E-state index in [0.717, 1.165) is 27.9 Å². The molecule has 0 aliphatic heterocycles. The Morgan fingerprint density at radius 2 is 2.05 bits per heavy atom. The molecular weight excluding hydrogens is 316 g/mol. The van der Waals surface area contributed by atoms with Gasteiger partial charge >= 0.3 is 0 Å². The highest BCUT2D eigenvalue weighted by molar-refractivity contribution is 9.10. The summed E-state index contributed by atoms with van der Waals surface area (Å²) in [6, 6.07) is 15.6. The summed E-state index contributed by atoms with van der Waals surface area (Å²) < 4.78 is 6.84. The van der Waals surface area contributed by atoms with Crippen LogP contribution in [0, 0.1) is 11.3 Å². The molecule has 4 heteroatoms. The molecule has 0 radical (unpaired) electrons. The number of para-hydroxylation sites is 1. The smallest absolute Gasteiger partial charge is 0.138 e. The van der Waals surface area contributed by atoms with Crippen LogP contribution in [0.3, 0.4) is 0 Å². The van der Waals surface area contributed by atoms with Gasteiger partial charge < -0.3 is 10.1 Å². The van der Waals surface area contributed by atoms with Gasteiger partial charge in [0.1, 0.15) is 12.4 Å². The lowest BCUT2D eigenvalue weighted by atomic mass is 10.1. The van der Waals surface area contributed by atoms with E-state index in [1.807, 2.05) is 43.4 Å². The van der Waals surface area contributed by atoms with E-state index in [-0.39, 0.29) is 0 Å². The predicted octanol–water partition coefficient (Wildman–Crippen LogP) is 3.62. The average molecular weight is 331 g/mol. The van der Waals surface area contributed by atoms with Crippen LogP contribution in [0.4, 0.5) is 0 Å². The van der Waals surface area contributed by atoms with E-state index < -0.39 is 0 Å². The molecule has 0 aromatic heterocycles. The van der Waals surface area contributed by atoms with Gasteiger partial charge in [0, 0.05) is 12.1 Å². The summed E-state index contributed by atoms with van der Waals surface area (Å²) in [6.45, 7) is 1.18. The fraction of sp³-hybridized carbons (Fsp3) is 0.188. The molecule has 2 aromatic carbocycles. The SMILES string of the molecule is CNCc1cccc(Br)c1OCc1cccc(C#N)c1. The van der Waals surface area contributed by atoms with Gasteiger partial charge in [-0.1, -0.05) is 24.3 Å². The lowest BCUT2D eigenvalue weighted by Crippen LogP contribution is -2.08. The fourth-order valence-corrected chi connectivity index (χ4v) is 2.45. The lowest BCUT2D eigenvalue weighted by Gasteiger charge is -2.13.